The highest BCUT2D eigenvalue weighted by Crippen LogP contribution is 2.49. The van der Waals surface area contributed by atoms with Crippen LogP contribution in [0, 0.1) is 5.92 Å². The largest absolute Gasteiger partial charge is 0.478 e. The molecule has 0 fully saturated rings. The minimum absolute atomic E-state index is 0.0998. The number of ether oxygens (including phenoxy) is 1. The maximum atomic E-state index is 11.8. The molecule has 1 heterocycles. The van der Waals surface area contributed by atoms with Crippen LogP contribution >= 0.6 is 0 Å². The highest BCUT2D eigenvalue weighted by Gasteiger charge is 2.55. The lowest BCUT2D eigenvalue weighted by Gasteiger charge is -2.46. The number of para-hydroxylation sites is 1. The number of aliphatic hydroxyl groups is 2. The zero-order valence-electron chi connectivity index (χ0n) is 14.9. The molecular weight excluding hydrogens is 320 g/mol. The molecule has 5 heteroatoms. The van der Waals surface area contributed by atoms with Gasteiger partial charge in [-0.15, -0.1) is 0 Å². The van der Waals surface area contributed by atoms with Crippen molar-refractivity contribution >= 4 is 5.97 Å². The molecule has 1 aliphatic rings. The Morgan fingerprint density at radius 2 is 1.96 bits per heavy atom. The molecule has 0 bridgehead atoms. The number of allylic oxidation sites excluding steroid dienone is 3. The Bertz CT molecular complexity index is 685. The van der Waals surface area contributed by atoms with Crippen LogP contribution in [0.2, 0.25) is 0 Å². The van der Waals surface area contributed by atoms with Gasteiger partial charge in [-0.25, -0.2) is 4.79 Å². The Kier molecular flexibility index (Phi) is 5.70. The zero-order chi connectivity index (χ0) is 18.7. The van der Waals surface area contributed by atoms with Gasteiger partial charge in [0.05, 0.1) is 11.5 Å². The van der Waals surface area contributed by atoms with E-state index in [0.29, 0.717) is 5.75 Å². The molecule has 1 unspecified atom stereocenters. The number of benzene rings is 1. The lowest BCUT2D eigenvalue weighted by Crippen LogP contribution is -2.56. The fraction of sp³-hybridized carbons (Fsp3) is 0.450. The van der Waals surface area contributed by atoms with Crippen LogP contribution < -0.4 is 4.74 Å². The van der Waals surface area contributed by atoms with Gasteiger partial charge in [-0.3, -0.25) is 0 Å². The fourth-order valence-corrected chi connectivity index (χ4v) is 3.41. The third-order valence-corrected chi connectivity index (χ3v) is 4.63. The van der Waals surface area contributed by atoms with E-state index < -0.39 is 23.3 Å². The summed E-state index contributed by atoms with van der Waals surface area (Å²) in [4.78, 5) is 11.8. The Morgan fingerprint density at radius 3 is 2.60 bits per heavy atom. The zero-order valence-corrected chi connectivity index (χ0v) is 14.9. The van der Waals surface area contributed by atoms with Gasteiger partial charge in [-0.05, 0) is 12.5 Å². The molecule has 1 aromatic rings. The first kappa shape index (κ1) is 19.2. The van der Waals surface area contributed by atoms with Gasteiger partial charge in [0.15, 0.2) is 0 Å². The van der Waals surface area contributed by atoms with Gasteiger partial charge in [-0.2, -0.15) is 0 Å². The molecule has 0 radical (unpaired) electrons. The molecule has 5 nitrogen and oxygen atoms in total. The Balaban J connectivity index is 2.47. The summed E-state index contributed by atoms with van der Waals surface area (Å²) in [5.74, 6) is -4.62. The number of unbranched alkanes of at least 4 members (excludes halogenated alkanes) is 2. The maximum absolute atomic E-state index is 11.8. The minimum Gasteiger partial charge on any atom is -0.478 e. The Labute approximate surface area is 148 Å². The van der Waals surface area contributed by atoms with Crippen molar-refractivity contribution in [3.8, 4) is 5.75 Å². The van der Waals surface area contributed by atoms with E-state index in [-0.39, 0.29) is 5.57 Å². The molecule has 0 aliphatic carbocycles. The average Bonchev–Trinajstić information content (AvgIpc) is 2.51. The molecule has 0 saturated carbocycles. The second kappa shape index (κ2) is 7.42. The van der Waals surface area contributed by atoms with Gasteiger partial charge >= 0.3 is 11.9 Å². The summed E-state index contributed by atoms with van der Waals surface area (Å²) in [5.41, 5.74) is -0.210. The van der Waals surface area contributed by atoms with Crippen molar-refractivity contribution in [2.45, 2.75) is 51.4 Å². The Hall–Kier alpha value is -2.11. The van der Waals surface area contributed by atoms with Crippen LogP contribution in [0.4, 0.5) is 0 Å². The van der Waals surface area contributed by atoms with Gasteiger partial charge in [0.2, 0.25) is 0 Å². The third kappa shape index (κ3) is 3.94. The summed E-state index contributed by atoms with van der Waals surface area (Å²) in [6.07, 6.45) is 7.89. The summed E-state index contributed by atoms with van der Waals surface area (Å²) in [6.45, 7) is 5.66. The van der Waals surface area contributed by atoms with E-state index >= 15 is 0 Å². The van der Waals surface area contributed by atoms with E-state index in [0.717, 1.165) is 24.8 Å². The van der Waals surface area contributed by atoms with E-state index in [1.54, 1.807) is 32.1 Å². The summed E-state index contributed by atoms with van der Waals surface area (Å²) >= 11 is 0. The fourth-order valence-electron chi connectivity index (χ4n) is 3.41. The number of hydrogen-bond acceptors (Lipinski definition) is 4. The first-order valence-electron chi connectivity index (χ1n) is 8.55. The number of carboxylic acids is 1. The summed E-state index contributed by atoms with van der Waals surface area (Å²) in [5, 5.41) is 30.6. The molecule has 1 atom stereocenters. The number of hydrogen-bond donors (Lipinski definition) is 3. The van der Waals surface area contributed by atoms with Crippen molar-refractivity contribution in [2.75, 3.05) is 0 Å². The van der Waals surface area contributed by atoms with Crippen LogP contribution in [0.3, 0.4) is 0 Å². The first-order chi connectivity index (χ1) is 11.7. The van der Waals surface area contributed by atoms with Crippen LogP contribution in [0.25, 0.3) is 0 Å². The number of fused-ring (bicyclic) bond motifs is 1. The normalized spacial score (nSPS) is 21.6. The van der Waals surface area contributed by atoms with Crippen LogP contribution in [-0.2, 0) is 10.2 Å². The SMILES string of the molecule is CCCCC=CC=C(C(=O)O)C1C(O)(O)Oc2ccccc2C1(C)C. The second-order valence-electron chi connectivity index (χ2n) is 6.91. The van der Waals surface area contributed by atoms with Crippen molar-refractivity contribution in [3.05, 3.63) is 53.6 Å². The summed E-state index contributed by atoms with van der Waals surface area (Å²) in [6, 6.07) is 7.00. The van der Waals surface area contributed by atoms with E-state index in [1.165, 1.54) is 6.08 Å². The minimum atomic E-state index is -2.61. The van der Waals surface area contributed by atoms with Crippen LogP contribution in [-0.4, -0.2) is 27.3 Å². The molecule has 25 heavy (non-hydrogen) atoms. The molecule has 3 N–H and O–H groups in total. The molecule has 1 aliphatic heterocycles. The third-order valence-electron chi connectivity index (χ3n) is 4.63. The maximum Gasteiger partial charge on any atom is 0.332 e. The molecule has 136 valence electrons. The Morgan fingerprint density at radius 1 is 1.28 bits per heavy atom. The van der Waals surface area contributed by atoms with E-state index in [2.05, 4.69) is 6.92 Å². The number of carboxylic acid groups (broad SMARTS) is 1. The predicted molar refractivity (Wildman–Crippen MR) is 95.1 cm³/mol. The summed E-state index contributed by atoms with van der Waals surface area (Å²) < 4.78 is 5.33. The monoisotopic (exact) mass is 346 g/mol. The van der Waals surface area contributed by atoms with Crippen LogP contribution in [0.15, 0.2) is 48.1 Å². The van der Waals surface area contributed by atoms with Crippen LogP contribution in [0.1, 0.15) is 45.6 Å². The lowest BCUT2D eigenvalue weighted by molar-refractivity contribution is -0.332. The number of carbonyl (C=O) groups is 1. The van der Waals surface area contributed by atoms with Crippen molar-refractivity contribution in [1.29, 1.82) is 0 Å². The molecular formula is C20H26O5. The van der Waals surface area contributed by atoms with Crippen molar-refractivity contribution in [1.82, 2.24) is 0 Å². The standard InChI is InChI=1S/C20H26O5/c1-4-5-6-7-8-11-14(18(21)22)17-19(2,3)15-12-9-10-13-16(15)25-20(17,23)24/h7-13,17,23-24H,4-6H2,1-3H3,(H,21,22). The number of rotatable bonds is 6. The average molecular weight is 346 g/mol. The quantitative estimate of drug-likeness (QED) is 0.318. The van der Waals surface area contributed by atoms with E-state index in [1.807, 2.05) is 18.2 Å². The second-order valence-corrected chi connectivity index (χ2v) is 6.91. The molecule has 2 rings (SSSR count). The molecule has 1 aromatic carbocycles. The van der Waals surface area contributed by atoms with Crippen molar-refractivity contribution in [2.24, 2.45) is 5.92 Å². The smallest absolute Gasteiger partial charge is 0.332 e. The highest BCUT2D eigenvalue weighted by molar-refractivity contribution is 5.88. The first-order valence-corrected chi connectivity index (χ1v) is 8.55. The van der Waals surface area contributed by atoms with Gasteiger partial charge in [0.1, 0.15) is 5.75 Å². The van der Waals surface area contributed by atoms with Crippen molar-refractivity contribution in [3.63, 3.8) is 0 Å². The van der Waals surface area contributed by atoms with Crippen molar-refractivity contribution < 1.29 is 24.9 Å². The molecule has 0 amide bonds. The van der Waals surface area contributed by atoms with Gasteiger partial charge in [-0.1, -0.05) is 70.0 Å². The predicted octanol–water partition coefficient (Wildman–Crippen LogP) is 3.37. The summed E-state index contributed by atoms with van der Waals surface area (Å²) in [7, 11) is 0. The molecule has 0 aromatic heterocycles. The van der Waals surface area contributed by atoms with E-state index in [4.69, 9.17) is 4.74 Å². The van der Waals surface area contributed by atoms with Crippen LogP contribution in [0.5, 0.6) is 5.75 Å². The molecule has 0 spiro atoms. The van der Waals surface area contributed by atoms with Gasteiger partial charge < -0.3 is 20.1 Å². The van der Waals surface area contributed by atoms with E-state index in [9.17, 15) is 20.1 Å². The highest BCUT2D eigenvalue weighted by atomic mass is 16.8. The molecule has 0 saturated heterocycles. The number of aliphatic carboxylic acids is 1. The van der Waals surface area contributed by atoms with Gasteiger partial charge in [0, 0.05) is 11.0 Å². The van der Waals surface area contributed by atoms with Gasteiger partial charge in [0.25, 0.3) is 0 Å². The lowest BCUT2D eigenvalue weighted by atomic mass is 9.67. The topological polar surface area (TPSA) is 87.0 Å².